The lowest BCUT2D eigenvalue weighted by molar-refractivity contribution is 0.643. The molecular weight excluding hydrogens is 168 g/mol. The largest absolute Gasteiger partial charge is 0.318 e. The van der Waals surface area contributed by atoms with E-state index in [9.17, 15) is 0 Å². The van der Waals surface area contributed by atoms with Crippen LogP contribution >= 0.6 is 0 Å². The van der Waals surface area contributed by atoms with Crippen LogP contribution in [0.4, 0.5) is 0 Å². The number of nitrogens with two attached hydrogens (primary N) is 1. The second-order valence-electron chi connectivity index (χ2n) is 2.77. The van der Waals surface area contributed by atoms with Crippen LogP contribution in [0.25, 0.3) is 0 Å². The van der Waals surface area contributed by atoms with Crippen LogP contribution in [0.5, 0.6) is 0 Å². The van der Waals surface area contributed by atoms with Crippen LogP contribution in [0.3, 0.4) is 0 Å². The van der Waals surface area contributed by atoms with Gasteiger partial charge >= 0.3 is 0 Å². The van der Waals surface area contributed by atoms with Gasteiger partial charge in [0.2, 0.25) is 0 Å². The quantitative estimate of drug-likeness (QED) is 0.654. The molecular formula is C7H10N6. The number of aryl methyl sites for hydroxylation is 1. The summed E-state index contributed by atoms with van der Waals surface area (Å²) in [7, 11) is 1.80. The van der Waals surface area contributed by atoms with Crippen LogP contribution in [-0.2, 0) is 7.05 Å². The van der Waals surface area contributed by atoms with Gasteiger partial charge in [-0.2, -0.15) is 5.10 Å². The summed E-state index contributed by atoms with van der Waals surface area (Å²) >= 11 is 0. The van der Waals surface area contributed by atoms with Gasteiger partial charge in [0, 0.05) is 13.2 Å². The Hall–Kier alpha value is -1.69. The molecule has 1 unspecified atom stereocenters. The lowest BCUT2D eigenvalue weighted by Crippen LogP contribution is -2.16. The Kier molecular flexibility index (Phi) is 1.82. The predicted octanol–water partition coefficient (Wildman–Crippen LogP) is -0.414. The zero-order valence-electron chi connectivity index (χ0n) is 7.18. The van der Waals surface area contributed by atoms with Crippen molar-refractivity contribution in [3.05, 3.63) is 29.8 Å². The summed E-state index contributed by atoms with van der Waals surface area (Å²) in [6.07, 6.45) is 3.31. The van der Waals surface area contributed by atoms with Crippen LogP contribution in [0.15, 0.2) is 18.5 Å². The van der Waals surface area contributed by atoms with Crippen LogP contribution in [-0.4, -0.2) is 25.2 Å². The Bertz CT molecular complexity index is 375. The third-order valence-electron chi connectivity index (χ3n) is 1.93. The van der Waals surface area contributed by atoms with Gasteiger partial charge in [0.1, 0.15) is 0 Å². The van der Waals surface area contributed by atoms with E-state index in [1.807, 2.05) is 6.07 Å². The Morgan fingerprint density at radius 1 is 1.62 bits per heavy atom. The van der Waals surface area contributed by atoms with Crippen LogP contribution in [0, 0.1) is 0 Å². The van der Waals surface area contributed by atoms with Crippen molar-refractivity contribution in [1.29, 1.82) is 0 Å². The fourth-order valence-electron chi connectivity index (χ4n) is 1.18. The van der Waals surface area contributed by atoms with Crippen molar-refractivity contribution in [3.63, 3.8) is 0 Å². The fourth-order valence-corrected chi connectivity index (χ4v) is 1.18. The Labute approximate surface area is 74.8 Å². The van der Waals surface area contributed by atoms with E-state index in [4.69, 9.17) is 5.73 Å². The highest BCUT2D eigenvalue weighted by atomic mass is 15.4. The summed E-state index contributed by atoms with van der Waals surface area (Å²) < 4.78 is 1.64. The Morgan fingerprint density at radius 3 is 3.00 bits per heavy atom. The summed E-state index contributed by atoms with van der Waals surface area (Å²) in [4.78, 5) is 0. The van der Waals surface area contributed by atoms with Crippen LogP contribution in [0.2, 0.25) is 0 Å². The van der Waals surface area contributed by atoms with Crippen molar-refractivity contribution in [1.82, 2.24) is 25.2 Å². The minimum atomic E-state index is -0.248. The van der Waals surface area contributed by atoms with Crippen molar-refractivity contribution in [3.8, 4) is 0 Å². The first kappa shape index (κ1) is 7.93. The lowest BCUT2D eigenvalue weighted by atomic mass is 10.2. The number of nitrogens with one attached hydrogen (secondary N) is 1. The predicted molar refractivity (Wildman–Crippen MR) is 45.6 cm³/mol. The summed E-state index contributed by atoms with van der Waals surface area (Å²) in [5, 5.41) is 14.2. The molecule has 0 fully saturated rings. The molecule has 0 aromatic carbocycles. The van der Waals surface area contributed by atoms with E-state index < -0.39 is 0 Å². The third-order valence-corrected chi connectivity index (χ3v) is 1.93. The average Bonchev–Trinajstić information content (AvgIpc) is 2.72. The number of H-pyrrole nitrogens is 1. The van der Waals surface area contributed by atoms with Gasteiger partial charge in [0.15, 0.2) is 0 Å². The Balaban J connectivity index is 2.33. The van der Waals surface area contributed by atoms with Gasteiger partial charge in [-0.25, -0.2) is 0 Å². The second-order valence-corrected chi connectivity index (χ2v) is 2.77. The molecule has 6 nitrogen and oxygen atoms in total. The molecule has 0 saturated heterocycles. The van der Waals surface area contributed by atoms with E-state index in [0.717, 1.165) is 11.4 Å². The molecule has 0 saturated carbocycles. The zero-order valence-corrected chi connectivity index (χ0v) is 7.18. The molecule has 13 heavy (non-hydrogen) atoms. The summed E-state index contributed by atoms with van der Waals surface area (Å²) in [5.74, 6) is 0. The van der Waals surface area contributed by atoms with Gasteiger partial charge < -0.3 is 5.73 Å². The minimum Gasteiger partial charge on any atom is -0.318 e. The molecule has 2 aromatic heterocycles. The summed E-state index contributed by atoms with van der Waals surface area (Å²) in [5.41, 5.74) is 7.64. The minimum absolute atomic E-state index is 0.248. The highest BCUT2D eigenvalue weighted by Gasteiger charge is 2.13. The van der Waals surface area contributed by atoms with Gasteiger partial charge in [0.25, 0.3) is 0 Å². The van der Waals surface area contributed by atoms with E-state index in [0.29, 0.717) is 0 Å². The molecule has 0 aliphatic rings. The van der Waals surface area contributed by atoms with E-state index >= 15 is 0 Å². The number of hydrogen-bond donors (Lipinski definition) is 2. The maximum absolute atomic E-state index is 5.93. The average molecular weight is 178 g/mol. The monoisotopic (exact) mass is 178 g/mol. The van der Waals surface area contributed by atoms with E-state index in [-0.39, 0.29) is 6.04 Å². The molecule has 0 spiro atoms. The van der Waals surface area contributed by atoms with Crippen LogP contribution in [0.1, 0.15) is 17.4 Å². The van der Waals surface area contributed by atoms with E-state index in [2.05, 4.69) is 20.5 Å². The molecule has 0 amide bonds. The molecule has 6 heteroatoms. The van der Waals surface area contributed by atoms with Gasteiger partial charge in [-0.15, -0.1) is 5.10 Å². The van der Waals surface area contributed by atoms with E-state index in [1.165, 1.54) is 0 Å². The van der Waals surface area contributed by atoms with Crippen molar-refractivity contribution >= 4 is 0 Å². The SMILES string of the molecule is Cn1nncc1C(N)c1ccn[nH]1. The van der Waals surface area contributed by atoms with Gasteiger partial charge in [-0.1, -0.05) is 5.21 Å². The molecule has 2 aromatic rings. The van der Waals surface area contributed by atoms with Gasteiger partial charge in [-0.3, -0.25) is 9.78 Å². The summed E-state index contributed by atoms with van der Waals surface area (Å²) in [6, 6.07) is 1.58. The standard InChI is InChI=1S/C7H10N6/c1-13-6(4-10-12-13)7(8)5-2-3-9-11-5/h2-4,7H,8H2,1H3,(H,9,11). The van der Waals surface area contributed by atoms with Gasteiger partial charge in [0.05, 0.1) is 23.6 Å². The zero-order chi connectivity index (χ0) is 9.26. The first-order chi connectivity index (χ1) is 6.29. The first-order valence-electron chi connectivity index (χ1n) is 3.88. The van der Waals surface area contributed by atoms with Crippen molar-refractivity contribution < 1.29 is 0 Å². The fraction of sp³-hybridized carbons (Fsp3) is 0.286. The molecule has 0 aliphatic heterocycles. The van der Waals surface area contributed by atoms with Crippen molar-refractivity contribution in [2.24, 2.45) is 12.8 Å². The third kappa shape index (κ3) is 1.31. The van der Waals surface area contributed by atoms with Gasteiger partial charge in [-0.05, 0) is 6.07 Å². The number of hydrogen-bond acceptors (Lipinski definition) is 4. The highest BCUT2D eigenvalue weighted by molar-refractivity contribution is 5.16. The van der Waals surface area contributed by atoms with E-state index in [1.54, 1.807) is 24.1 Å². The smallest absolute Gasteiger partial charge is 0.0907 e. The molecule has 68 valence electrons. The number of aromatic nitrogens is 5. The molecule has 2 rings (SSSR count). The maximum Gasteiger partial charge on any atom is 0.0907 e. The topological polar surface area (TPSA) is 85.4 Å². The number of nitrogens with zero attached hydrogens (tertiary/aromatic N) is 4. The molecule has 1 atom stereocenters. The highest BCUT2D eigenvalue weighted by Crippen LogP contribution is 2.14. The van der Waals surface area contributed by atoms with Crippen LogP contribution < -0.4 is 5.73 Å². The lowest BCUT2D eigenvalue weighted by Gasteiger charge is -2.07. The molecule has 0 bridgehead atoms. The summed E-state index contributed by atoms with van der Waals surface area (Å²) in [6.45, 7) is 0. The molecule has 2 heterocycles. The number of aromatic amines is 1. The Morgan fingerprint density at radius 2 is 2.46 bits per heavy atom. The van der Waals surface area contributed by atoms with Crippen molar-refractivity contribution in [2.75, 3.05) is 0 Å². The maximum atomic E-state index is 5.93. The first-order valence-corrected chi connectivity index (χ1v) is 3.88. The molecule has 3 N–H and O–H groups in total. The number of rotatable bonds is 2. The molecule has 0 radical (unpaired) electrons. The van der Waals surface area contributed by atoms with Crippen molar-refractivity contribution in [2.45, 2.75) is 6.04 Å². The molecule has 0 aliphatic carbocycles. The second kappa shape index (κ2) is 2.98. The normalized spacial score (nSPS) is 13.1.